The Balaban J connectivity index is 0.00000176. The van der Waals surface area contributed by atoms with Gasteiger partial charge in [0, 0.05) is 70.2 Å². The van der Waals surface area contributed by atoms with Crippen LogP contribution in [0.5, 0.6) is 0 Å². The quantitative estimate of drug-likeness (QED) is 0.626. The SMILES string of the molecule is C[C@H](O)c1nc2ccccc2c(=O)n1N1CCN(C)CC1.[Ac]. The molecular formula is C15H20AcN4O2. The third-order valence-corrected chi connectivity index (χ3v) is 3.92. The van der Waals surface area contributed by atoms with Crippen LogP contribution in [-0.2, 0) is 0 Å². The summed E-state index contributed by atoms with van der Waals surface area (Å²) in [5.74, 6) is 0.406. The summed E-state index contributed by atoms with van der Waals surface area (Å²) >= 11 is 0. The Bertz CT molecular complexity index is 708. The second-order valence-electron chi connectivity index (χ2n) is 5.54. The van der Waals surface area contributed by atoms with Gasteiger partial charge in [-0.1, -0.05) is 12.1 Å². The van der Waals surface area contributed by atoms with Crippen LogP contribution in [-0.4, -0.2) is 52.9 Å². The molecule has 1 N–H and O–H groups in total. The molecule has 0 unspecified atom stereocenters. The zero-order valence-electron chi connectivity index (χ0n) is 12.9. The Hall–Kier alpha value is -0.478. The van der Waals surface area contributed by atoms with Crippen molar-refractivity contribution < 1.29 is 49.2 Å². The van der Waals surface area contributed by atoms with Gasteiger partial charge in [0.1, 0.15) is 6.10 Å². The maximum atomic E-state index is 12.8. The van der Waals surface area contributed by atoms with Crippen LogP contribution in [0.3, 0.4) is 0 Å². The monoisotopic (exact) mass is 515 g/mol. The molecule has 0 spiro atoms. The molecule has 2 heterocycles. The van der Waals surface area contributed by atoms with E-state index in [2.05, 4.69) is 16.9 Å². The molecule has 0 amide bonds. The zero-order valence-corrected chi connectivity index (χ0v) is 17.7. The van der Waals surface area contributed by atoms with E-state index in [1.165, 1.54) is 0 Å². The molecular weight excluding hydrogens is 495 g/mol. The molecule has 0 aliphatic carbocycles. The van der Waals surface area contributed by atoms with Crippen LogP contribution < -0.4 is 10.6 Å². The van der Waals surface area contributed by atoms with Crippen LogP contribution in [0.1, 0.15) is 18.9 Å². The van der Waals surface area contributed by atoms with Crippen molar-refractivity contribution in [2.45, 2.75) is 13.0 Å². The topological polar surface area (TPSA) is 61.6 Å². The fourth-order valence-corrected chi connectivity index (χ4v) is 2.68. The predicted octanol–water partition coefficient (Wildman–Crippen LogP) is 0.333. The van der Waals surface area contributed by atoms with Crippen LogP contribution in [0, 0.1) is 44.1 Å². The molecule has 1 radical (unpaired) electrons. The Morgan fingerprint density at radius 2 is 1.82 bits per heavy atom. The van der Waals surface area contributed by atoms with Gasteiger partial charge >= 0.3 is 0 Å². The molecule has 1 aliphatic rings. The number of nitrogens with zero attached hydrogens (tertiary/aromatic N) is 4. The molecule has 2 aromatic rings. The van der Waals surface area contributed by atoms with Gasteiger partial charge in [-0.15, -0.1) is 0 Å². The molecule has 7 heteroatoms. The van der Waals surface area contributed by atoms with Crippen molar-refractivity contribution in [3.8, 4) is 0 Å². The van der Waals surface area contributed by atoms with Crippen molar-refractivity contribution in [2.24, 2.45) is 0 Å². The molecule has 3 rings (SSSR count). The van der Waals surface area contributed by atoms with E-state index in [0.29, 0.717) is 16.7 Å². The number of aromatic nitrogens is 2. The maximum absolute atomic E-state index is 12.8. The summed E-state index contributed by atoms with van der Waals surface area (Å²) in [4.78, 5) is 19.5. The van der Waals surface area contributed by atoms with Crippen LogP contribution in [0.25, 0.3) is 10.9 Å². The fourth-order valence-electron chi connectivity index (χ4n) is 2.68. The van der Waals surface area contributed by atoms with Crippen molar-refractivity contribution in [1.29, 1.82) is 0 Å². The first-order valence-corrected chi connectivity index (χ1v) is 7.21. The molecule has 1 atom stereocenters. The molecule has 1 saturated heterocycles. The summed E-state index contributed by atoms with van der Waals surface area (Å²) in [6.45, 7) is 4.91. The molecule has 1 fully saturated rings. The second-order valence-corrected chi connectivity index (χ2v) is 5.54. The molecule has 1 aromatic carbocycles. The molecule has 0 saturated carbocycles. The number of benzene rings is 1. The van der Waals surface area contributed by atoms with E-state index < -0.39 is 6.10 Å². The first-order chi connectivity index (χ1) is 10.1. The molecule has 0 bridgehead atoms. The summed E-state index contributed by atoms with van der Waals surface area (Å²) in [7, 11) is 2.06. The van der Waals surface area contributed by atoms with Crippen molar-refractivity contribution in [3.63, 3.8) is 0 Å². The van der Waals surface area contributed by atoms with E-state index in [9.17, 15) is 9.90 Å². The number of fused-ring (bicyclic) bond motifs is 1. The van der Waals surface area contributed by atoms with Gasteiger partial charge in [0.25, 0.3) is 5.56 Å². The van der Waals surface area contributed by atoms with Gasteiger partial charge in [-0.05, 0) is 26.1 Å². The normalized spacial score (nSPS) is 17.3. The predicted molar refractivity (Wildman–Crippen MR) is 82.1 cm³/mol. The van der Waals surface area contributed by atoms with Gasteiger partial charge in [-0.2, -0.15) is 0 Å². The first kappa shape index (κ1) is 17.9. The van der Waals surface area contributed by atoms with Crippen LogP contribution in [0.2, 0.25) is 0 Å². The van der Waals surface area contributed by atoms with E-state index in [1.54, 1.807) is 23.7 Å². The van der Waals surface area contributed by atoms with Gasteiger partial charge in [0.2, 0.25) is 0 Å². The summed E-state index contributed by atoms with van der Waals surface area (Å²) < 4.78 is 1.56. The molecule has 115 valence electrons. The van der Waals surface area contributed by atoms with Crippen LogP contribution >= 0.6 is 0 Å². The fraction of sp³-hybridized carbons (Fsp3) is 0.467. The number of rotatable bonds is 2. The first-order valence-electron chi connectivity index (χ1n) is 7.21. The minimum Gasteiger partial charge on any atom is -0.385 e. The van der Waals surface area contributed by atoms with Gasteiger partial charge in [0.05, 0.1) is 10.9 Å². The zero-order chi connectivity index (χ0) is 15.0. The average molecular weight is 515 g/mol. The minimum absolute atomic E-state index is 0. The number of piperazine rings is 1. The van der Waals surface area contributed by atoms with E-state index in [-0.39, 0.29) is 49.6 Å². The number of hydrogen-bond acceptors (Lipinski definition) is 5. The average Bonchev–Trinajstić information content (AvgIpc) is 2.48. The third-order valence-electron chi connectivity index (χ3n) is 3.92. The smallest absolute Gasteiger partial charge is 0.280 e. The van der Waals surface area contributed by atoms with Crippen LogP contribution in [0.15, 0.2) is 29.1 Å². The molecule has 1 aromatic heterocycles. The van der Waals surface area contributed by atoms with Crippen molar-refractivity contribution >= 4 is 10.9 Å². The van der Waals surface area contributed by atoms with Gasteiger partial charge in [-0.25, -0.2) is 9.66 Å². The van der Waals surface area contributed by atoms with E-state index in [1.807, 2.05) is 17.1 Å². The summed E-state index contributed by atoms with van der Waals surface area (Å²) in [5.41, 5.74) is 0.518. The number of likely N-dealkylation sites (N-methyl/N-ethyl adjacent to an activating group) is 1. The second kappa shape index (κ2) is 7.39. The number of aliphatic hydroxyl groups excluding tert-OH is 1. The third kappa shape index (κ3) is 3.38. The molecule has 6 nitrogen and oxygen atoms in total. The number of para-hydroxylation sites is 1. The summed E-state index contributed by atoms with van der Waals surface area (Å²) in [5, 5.41) is 12.6. The largest absolute Gasteiger partial charge is 0.385 e. The van der Waals surface area contributed by atoms with Gasteiger partial charge in [-0.3, -0.25) is 4.79 Å². The number of aliphatic hydroxyl groups is 1. The van der Waals surface area contributed by atoms with Crippen molar-refractivity contribution in [2.75, 3.05) is 38.2 Å². The Kier molecular flexibility index (Phi) is 6.01. The Morgan fingerprint density at radius 3 is 2.45 bits per heavy atom. The van der Waals surface area contributed by atoms with Crippen molar-refractivity contribution in [3.05, 3.63) is 40.4 Å². The van der Waals surface area contributed by atoms with E-state index >= 15 is 0 Å². The van der Waals surface area contributed by atoms with Gasteiger partial charge in [0.15, 0.2) is 5.82 Å². The van der Waals surface area contributed by atoms with Crippen molar-refractivity contribution in [1.82, 2.24) is 14.6 Å². The molecule has 1 aliphatic heterocycles. The van der Waals surface area contributed by atoms with Crippen LogP contribution in [0.4, 0.5) is 0 Å². The van der Waals surface area contributed by atoms with E-state index in [4.69, 9.17) is 0 Å². The standard InChI is InChI=1S/C15H20N4O2.Ac/c1-11(20)14-16-13-6-4-3-5-12(13)15(21)19(14)18-9-7-17(2)8-10-18;/h3-6,11,20H,7-10H2,1-2H3;/t11-;/m0./s1. The summed E-state index contributed by atoms with van der Waals surface area (Å²) in [6, 6.07) is 7.27. The van der Waals surface area contributed by atoms with Gasteiger partial charge < -0.3 is 15.0 Å². The minimum atomic E-state index is -0.790. The Labute approximate surface area is 165 Å². The van der Waals surface area contributed by atoms with E-state index in [0.717, 1.165) is 26.2 Å². The molecule has 22 heavy (non-hydrogen) atoms. The Morgan fingerprint density at radius 1 is 1.18 bits per heavy atom. The number of hydrogen-bond donors (Lipinski definition) is 1. The maximum Gasteiger partial charge on any atom is 0.280 e. The summed E-state index contributed by atoms with van der Waals surface area (Å²) in [6.07, 6.45) is -0.790.